The number of halogens is 1. The summed E-state index contributed by atoms with van der Waals surface area (Å²) in [6.07, 6.45) is 2.70. The van der Waals surface area contributed by atoms with Crippen molar-refractivity contribution in [1.29, 1.82) is 0 Å². The minimum atomic E-state index is -0.390. The van der Waals surface area contributed by atoms with Crippen molar-refractivity contribution in [1.82, 2.24) is 4.57 Å². The van der Waals surface area contributed by atoms with Gasteiger partial charge >= 0.3 is 0 Å². The summed E-state index contributed by atoms with van der Waals surface area (Å²) < 4.78 is 15.7. The van der Waals surface area contributed by atoms with E-state index in [4.69, 9.17) is 0 Å². The van der Waals surface area contributed by atoms with E-state index < -0.39 is 0 Å². The van der Waals surface area contributed by atoms with Crippen molar-refractivity contribution in [2.24, 2.45) is 4.99 Å². The molecule has 174 valence electrons. The van der Waals surface area contributed by atoms with Gasteiger partial charge in [0.1, 0.15) is 11.5 Å². The monoisotopic (exact) mass is 475 g/mol. The van der Waals surface area contributed by atoms with E-state index in [0.29, 0.717) is 16.4 Å². The summed E-state index contributed by atoms with van der Waals surface area (Å²) in [6.45, 7) is 6.94. The molecule has 1 aromatic heterocycles. The average molecular weight is 476 g/mol. The molecule has 4 rings (SSSR count). The zero-order chi connectivity index (χ0) is 24.2. The number of anilines is 1. The molecule has 5 nitrogen and oxygen atoms in total. The zero-order valence-electron chi connectivity index (χ0n) is 19.4. The first-order chi connectivity index (χ1) is 16.4. The minimum absolute atomic E-state index is 0.0184. The Kier molecular flexibility index (Phi) is 7.12. The number of aliphatic imine (C=N–C) groups is 1. The van der Waals surface area contributed by atoms with E-state index in [1.807, 2.05) is 50.2 Å². The number of aromatic nitrogens is 1. The van der Waals surface area contributed by atoms with Crippen LogP contribution < -0.4 is 4.90 Å². The Bertz CT molecular complexity index is 1280. The number of Topliss-reactive ketones (excluding diaryl/α,β-unsaturated/α-hetero) is 1. The summed E-state index contributed by atoms with van der Waals surface area (Å²) in [4.78, 5) is 32.3. The predicted molar refractivity (Wildman–Crippen MR) is 137 cm³/mol. The van der Waals surface area contributed by atoms with Crippen molar-refractivity contribution in [3.63, 3.8) is 0 Å². The van der Waals surface area contributed by atoms with Gasteiger partial charge in [0.05, 0.1) is 11.4 Å². The van der Waals surface area contributed by atoms with Gasteiger partial charge in [0.25, 0.3) is 5.91 Å². The topological polar surface area (TPSA) is 54.7 Å². The van der Waals surface area contributed by atoms with Gasteiger partial charge in [0.2, 0.25) is 0 Å². The molecule has 34 heavy (non-hydrogen) atoms. The molecule has 0 fully saturated rings. The van der Waals surface area contributed by atoms with Crippen LogP contribution >= 0.6 is 11.8 Å². The fourth-order valence-corrected chi connectivity index (χ4v) is 4.87. The average Bonchev–Trinajstić information content (AvgIpc) is 3.29. The van der Waals surface area contributed by atoms with Gasteiger partial charge in [-0.2, -0.15) is 0 Å². The molecule has 0 bridgehead atoms. The molecule has 1 aliphatic rings. The van der Waals surface area contributed by atoms with Crippen LogP contribution in [0.1, 0.15) is 40.7 Å². The summed E-state index contributed by atoms with van der Waals surface area (Å²) in [5, 5.41) is 0.398. The maximum atomic E-state index is 13.5. The van der Waals surface area contributed by atoms with Crippen molar-refractivity contribution < 1.29 is 14.0 Å². The molecule has 2 heterocycles. The normalized spacial score (nSPS) is 14.7. The van der Waals surface area contributed by atoms with Gasteiger partial charge < -0.3 is 4.57 Å². The smallest absolute Gasteiger partial charge is 0.283 e. The maximum Gasteiger partial charge on any atom is 0.283 e. The number of rotatable bonds is 7. The lowest BCUT2D eigenvalue weighted by Crippen LogP contribution is -2.30. The molecule has 0 spiro atoms. The number of hydrogen-bond acceptors (Lipinski definition) is 4. The highest BCUT2D eigenvalue weighted by Gasteiger charge is 2.32. The molecule has 1 aliphatic heterocycles. The predicted octanol–water partition coefficient (Wildman–Crippen LogP) is 6.01. The Morgan fingerprint density at radius 3 is 2.47 bits per heavy atom. The molecule has 0 saturated carbocycles. The molecule has 0 N–H and O–H groups in total. The number of thioether (sulfide) groups is 1. The highest BCUT2D eigenvalue weighted by atomic mass is 32.2. The number of carbonyl (C=O) groups excluding carboxylic acids is 2. The molecule has 0 aliphatic carbocycles. The molecule has 0 atom stereocenters. The molecule has 0 unspecified atom stereocenters. The Hall–Kier alpha value is -3.45. The first-order valence-electron chi connectivity index (χ1n) is 11.2. The van der Waals surface area contributed by atoms with Crippen LogP contribution in [0.25, 0.3) is 6.08 Å². The molecule has 2 aromatic carbocycles. The van der Waals surface area contributed by atoms with E-state index in [-0.39, 0.29) is 29.0 Å². The third kappa shape index (κ3) is 4.89. The van der Waals surface area contributed by atoms with Gasteiger partial charge in [-0.3, -0.25) is 14.5 Å². The summed E-state index contributed by atoms with van der Waals surface area (Å²) in [5.41, 5.74) is 4.32. The molecule has 1 amide bonds. The van der Waals surface area contributed by atoms with E-state index >= 15 is 0 Å². The minimum Gasteiger partial charge on any atom is -0.348 e. The number of amidine groups is 1. The molecule has 0 saturated heterocycles. The SMILES string of the molecule is CCCn1c(C)cc(C(=O)CSC2=NC(=Cc3ccccc3)C(=O)N2c2ccc(F)cc2)c1C. The van der Waals surface area contributed by atoms with Gasteiger partial charge in [-0.25, -0.2) is 9.38 Å². The standard InChI is InChI=1S/C27H26FN3O2S/c1-4-14-30-18(2)15-23(19(30)3)25(32)17-34-27-29-24(16-20-8-6-5-7-9-20)26(33)31(27)22-12-10-21(28)11-13-22/h5-13,15-16H,4,14,17H2,1-3H3. The maximum absolute atomic E-state index is 13.5. The van der Waals surface area contributed by atoms with Crippen LogP contribution in [0.5, 0.6) is 0 Å². The lowest BCUT2D eigenvalue weighted by atomic mass is 10.2. The van der Waals surface area contributed by atoms with E-state index in [9.17, 15) is 14.0 Å². The van der Waals surface area contributed by atoms with E-state index in [1.54, 1.807) is 6.08 Å². The van der Waals surface area contributed by atoms with Crippen LogP contribution in [0.2, 0.25) is 0 Å². The first kappa shape index (κ1) is 23.7. The summed E-state index contributed by atoms with van der Waals surface area (Å²) >= 11 is 1.21. The van der Waals surface area contributed by atoms with Gasteiger partial charge in [0.15, 0.2) is 11.0 Å². The van der Waals surface area contributed by atoms with Crippen molar-refractivity contribution in [3.05, 3.63) is 94.7 Å². The number of amides is 1. The lowest BCUT2D eigenvalue weighted by Gasteiger charge is -2.17. The number of hydrogen-bond donors (Lipinski definition) is 0. The van der Waals surface area contributed by atoms with Gasteiger partial charge in [-0.1, -0.05) is 49.0 Å². The summed E-state index contributed by atoms with van der Waals surface area (Å²) in [7, 11) is 0. The Labute approximate surface area is 203 Å². The van der Waals surface area contributed by atoms with Crippen LogP contribution in [0, 0.1) is 19.7 Å². The Morgan fingerprint density at radius 1 is 1.09 bits per heavy atom. The number of nitrogens with zero attached hydrogens (tertiary/aromatic N) is 3. The number of carbonyl (C=O) groups is 2. The third-order valence-electron chi connectivity index (χ3n) is 5.67. The highest BCUT2D eigenvalue weighted by molar-refractivity contribution is 8.14. The van der Waals surface area contributed by atoms with Gasteiger partial charge in [-0.15, -0.1) is 0 Å². The van der Waals surface area contributed by atoms with Crippen molar-refractivity contribution >= 4 is 40.4 Å². The molecular weight excluding hydrogens is 449 g/mol. The van der Waals surface area contributed by atoms with Crippen LogP contribution in [0.3, 0.4) is 0 Å². The van der Waals surface area contributed by atoms with Crippen LogP contribution in [-0.2, 0) is 11.3 Å². The molecule has 0 radical (unpaired) electrons. The summed E-state index contributed by atoms with van der Waals surface area (Å²) in [6, 6.07) is 17.1. The second-order valence-corrected chi connectivity index (χ2v) is 9.04. The first-order valence-corrected chi connectivity index (χ1v) is 12.2. The van der Waals surface area contributed by atoms with Crippen LogP contribution in [0.4, 0.5) is 10.1 Å². The van der Waals surface area contributed by atoms with Crippen molar-refractivity contribution in [3.8, 4) is 0 Å². The Balaban J connectivity index is 1.61. The van der Waals surface area contributed by atoms with Gasteiger partial charge in [-0.05, 0) is 62.2 Å². The number of aryl methyl sites for hydroxylation is 1. The molecule has 7 heteroatoms. The van der Waals surface area contributed by atoms with Crippen molar-refractivity contribution in [2.75, 3.05) is 10.7 Å². The number of benzene rings is 2. The molecular formula is C27H26FN3O2S. The second kappa shape index (κ2) is 10.2. The Morgan fingerprint density at radius 2 is 1.79 bits per heavy atom. The van der Waals surface area contributed by atoms with E-state index in [0.717, 1.165) is 29.9 Å². The van der Waals surface area contributed by atoms with Crippen molar-refractivity contribution in [2.45, 2.75) is 33.7 Å². The lowest BCUT2D eigenvalue weighted by molar-refractivity contribution is -0.113. The fraction of sp³-hybridized carbons (Fsp3) is 0.222. The summed E-state index contributed by atoms with van der Waals surface area (Å²) in [5.74, 6) is -0.584. The second-order valence-electron chi connectivity index (χ2n) is 8.10. The quantitative estimate of drug-likeness (QED) is 0.310. The number of ketones is 1. The van der Waals surface area contributed by atoms with E-state index in [2.05, 4.69) is 16.5 Å². The highest BCUT2D eigenvalue weighted by Crippen LogP contribution is 2.30. The van der Waals surface area contributed by atoms with Crippen LogP contribution in [-0.4, -0.2) is 27.2 Å². The zero-order valence-corrected chi connectivity index (χ0v) is 20.2. The fourth-order valence-electron chi connectivity index (χ4n) is 3.98. The van der Waals surface area contributed by atoms with Crippen LogP contribution in [0.15, 0.2) is 71.4 Å². The molecule has 3 aromatic rings. The largest absolute Gasteiger partial charge is 0.348 e. The van der Waals surface area contributed by atoms with E-state index in [1.165, 1.54) is 40.9 Å². The third-order valence-corrected chi connectivity index (χ3v) is 6.61. The van der Waals surface area contributed by atoms with Gasteiger partial charge in [0, 0.05) is 23.5 Å².